The van der Waals surface area contributed by atoms with Crippen molar-refractivity contribution in [1.29, 1.82) is 0 Å². The maximum atomic E-state index is 6.61. The largest absolute Gasteiger partial charge is 1.00 e. The molecule has 0 saturated carbocycles. The summed E-state index contributed by atoms with van der Waals surface area (Å²) < 4.78 is 0. The molecular formula is C25H21Cl2P. The summed E-state index contributed by atoms with van der Waals surface area (Å²) >= 11 is 6.61. The molecule has 3 heteroatoms. The molecule has 0 aromatic heterocycles. The quantitative estimate of drug-likeness (QED) is 0.433. The van der Waals surface area contributed by atoms with Gasteiger partial charge in [0.1, 0.15) is 23.2 Å². The van der Waals surface area contributed by atoms with Gasteiger partial charge in [-0.1, -0.05) is 84.4 Å². The second-order valence-corrected chi connectivity index (χ2v) is 10.5. The minimum atomic E-state index is -1.89. The van der Waals surface area contributed by atoms with Crippen LogP contribution in [0.1, 0.15) is 5.56 Å². The van der Waals surface area contributed by atoms with Crippen molar-refractivity contribution < 1.29 is 12.4 Å². The maximum absolute atomic E-state index is 6.61. The minimum Gasteiger partial charge on any atom is -1.00 e. The predicted molar refractivity (Wildman–Crippen MR) is 120 cm³/mol. The molecule has 4 aromatic carbocycles. The van der Waals surface area contributed by atoms with Crippen molar-refractivity contribution in [3.05, 3.63) is 126 Å². The van der Waals surface area contributed by atoms with E-state index in [-0.39, 0.29) is 12.4 Å². The van der Waals surface area contributed by atoms with Crippen molar-refractivity contribution >= 4 is 34.8 Å². The van der Waals surface area contributed by atoms with Crippen LogP contribution in [0.4, 0.5) is 0 Å². The highest BCUT2D eigenvalue weighted by Gasteiger charge is 2.45. The Morgan fingerprint density at radius 1 is 0.500 bits per heavy atom. The molecule has 0 unspecified atom stereocenters. The first kappa shape index (κ1) is 20.6. The van der Waals surface area contributed by atoms with Gasteiger partial charge in [-0.3, -0.25) is 0 Å². The maximum Gasteiger partial charge on any atom is 0.116 e. The predicted octanol–water partition coefficient (Wildman–Crippen LogP) is 2.84. The first-order valence-electron chi connectivity index (χ1n) is 9.09. The van der Waals surface area contributed by atoms with Gasteiger partial charge in [0, 0.05) is 10.6 Å². The Balaban J connectivity index is 0.00000225. The van der Waals surface area contributed by atoms with E-state index in [4.69, 9.17) is 11.6 Å². The van der Waals surface area contributed by atoms with Gasteiger partial charge in [0.05, 0.1) is 6.16 Å². The van der Waals surface area contributed by atoms with Crippen molar-refractivity contribution in [3.63, 3.8) is 0 Å². The van der Waals surface area contributed by atoms with Crippen molar-refractivity contribution in [1.82, 2.24) is 0 Å². The third-order valence-electron chi connectivity index (χ3n) is 4.96. The van der Waals surface area contributed by atoms with E-state index in [2.05, 4.69) is 103 Å². The van der Waals surface area contributed by atoms with Gasteiger partial charge in [0.25, 0.3) is 0 Å². The molecule has 0 saturated heterocycles. The highest BCUT2D eigenvalue weighted by atomic mass is 35.5. The molecule has 0 bridgehead atoms. The van der Waals surface area contributed by atoms with Crippen LogP contribution in [-0.4, -0.2) is 0 Å². The minimum absolute atomic E-state index is 0. The van der Waals surface area contributed by atoms with Gasteiger partial charge >= 0.3 is 0 Å². The van der Waals surface area contributed by atoms with Crippen LogP contribution in [0.5, 0.6) is 0 Å². The fourth-order valence-electron chi connectivity index (χ4n) is 3.65. The number of hydrogen-bond acceptors (Lipinski definition) is 0. The molecule has 4 rings (SSSR count). The molecule has 0 radical (unpaired) electrons. The second-order valence-electron chi connectivity index (χ2n) is 6.57. The van der Waals surface area contributed by atoms with Crippen molar-refractivity contribution in [2.45, 2.75) is 6.16 Å². The summed E-state index contributed by atoms with van der Waals surface area (Å²) in [4.78, 5) is 0. The smallest absolute Gasteiger partial charge is 0.116 e. The van der Waals surface area contributed by atoms with E-state index in [1.54, 1.807) is 0 Å². The van der Waals surface area contributed by atoms with Crippen molar-refractivity contribution in [2.75, 3.05) is 0 Å². The molecule has 0 aliphatic carbocycles. The van der Waals surface area contributed by atoms with E-state index in [1.807, 2.05) is 12.1 Å². The fourth-order valence-corrected chi connectivity index (χ4v) is 8.22. The summed E-state index contributed by atoms with van der Waals surface area (Å²) in [6.07, 6.45) is 0.907. The number of halogens is 2. The lowest BCUT2D eigenvalue weighted by Gasteiger charge is -2.28. The Kier molecular flexibility index (Phi) is 6.92. The Hall–Kier alpha value is -2.11. The third-order valence-corrected chi connectivity index (χ3v) is 9.68. The van der Waals surface area contributed by atoms with E-state index in [9.17, 15) is 0 Å². The van der Waals surface area contributed by atoms with Crippen LogP contribution >= 0.6 is 18.9 Å². The molecule has 0 fully saturated rings. The van der Waals surface area contributed by atoms with Crippen LogP contribution < -0.4 is 28.3 Å². The highest BCUT2D eigenvalue weighted by Crippen LogP contribution is 2.58. The average molecular weight is 423 g/mol. The third kappa shape index (κ3) is 4.01. The molecule has 0 nitrogen and oxygen atoms in total. The van der Waals surface area contributed by atoms with Crippen LogP contribution in [-0.2, 0) is 6.16 Å². The van der Waals surface area contributed by atoms with Gasteiger partial charge < -0.3 is 12.4 Å². The molecule has 0 N–H and O–H groups in total. The molecule has 4 aromatic rings. The molecular weight excluding hydrogens is 402 g/mol. The van der Waals surface area contributed by atoms with Gasteiger partial charge in [0.15, 0.2) is 0 Å². The fraction of sp³-hybridized carbons (Fsp3) is 0.0400. The molecule has 28 heavy (non-hydrogen) atoms. The van der Waals surface area contributed by atoms with E-state index in [0.717, 1.165) is 11.2 Å². The average Bonchev–Trinajstić information content (AvgIpc) is 2.75. The lowest BCUT2D eigenvalue weighted by molar-refractivity contribution is -0.00000513. The number of rotatable bonds is 5. The van der Waals surface area contributed by atoms with Crippen LogP contribution in [0, 0.1) is 0 Å². The van der Waals surface area contributed by atoms with Gasteiger partial charge in [0.2, 0.25) is 0 Å². The first-order chi connectivity index (χ1) is 13.3. The SMILES string of the molecule is Clc1ccccc1C[P+](c1ccccc1)(c1ccccc1)c1ccccc1.[Cl-]. The summed E-state index contributed by atoms with van der Waals surface area (Å²) in [7, 11) is -1.89. The zero-order valence-corrected chi connectivity index (χ0v) is 17.8. The first-order valence-corrected chi connectivity index (χ1v) is 11.4. The summed E-state index contributed by atoms with van der Waals surface area (Å²) in [6, 6.07) is 41.0. The van der Waals surface area contributed by atoms with E-state index >= 15 is 0 Å². The van der Waals surface area contributed by atoms with Crippen LogP contribution in [0.15, 0.2) is 115 Å². The molecule has 140 valence electrons. The zero-order valence-electron chi connectivity index (χ0n) is 15.4. The monoisotopic (exact) mass is 422 g/mol. The van der Waals surface area contributed by atoms with E-state index in [1.165, 1.54) is 21.5 Å². The highest BCUT2D eigenvalue weighted by molar-refractivity contribution is 7.95. The molecule has 0 aliphatic heterocycles. The molecule has 0 amide bonds. The van der Waals surface area contributed by atoms with E-state index in [0.29, 0.717) is 0 Å². The number of benzene rings is 4. The Morgan fingerprint density at radius 2 is 0.857 bits per heavy atom. The van der Waals surface area contributed by atoms with Gasteiger partial charge in [-0.15, -0.1) is 0 Å². The molecule has 0 spiro atoms. The van der Waals surface area contributed by atoms with E-state index < -0.39 is 7.26 Å². The summed E-state index contributed by atoms with van der Waals surface area (Å²) in [5.41, 5.74) is 1.20. The topological polar surface area (TPSA) is 0 Å². The Morgan fingerprint density at radius 3 is 1.25 bits per heavy atom. The van der Waals surface area contributed by atoms with Crippen LogP contribution in [0.2, 0.25) is 5.02 Å². The van der Waals surface area contributed by atoms with Gasteiger partial charge in [-0.25, -0.2) is 0 Å². The molecule has 0 atom stereocenters. The lowest BCUT2D eigenvalue weighted by Crippen LogP contribution is -3.00. The standard InChI is InChI=1S/C25H21ClP.ClH/c26-25-19-11-10-12-21(25)20-27(22-13-4-1-5-14-22,23-15-6-2-7-16-23)24-17-8-3-9-18-24;/h1-19H,20H2;1H/q+1;/p-1. The van der Waals surface area contributed by atoms with Gasteiger partial charge in [-0.05, 0) is 42.5 Å². The van der Waals surface area contributed by atoms with Gasteiger partial charge in [-0.2, -0.15) is 0 Å². The summed E-state index contributed by atoms with van der Waals surface area (Å²) in [5.74, 6) is 0. The van der Waals surface area contributed by atoms with Crippen molar-refractivity contribution in [2.24, 2.45) is 0 Å². The Labute approximate surface area is 179 Å². The summed E-state index contributed by atoms with van der Waals surface area (Å²) in [5, 5.41) is 4.97. The normalized spacial score (nSPS) is 10.9. The Bertz CT molecular complexity index is 905. The zero-order chi connectivity index (χ0) is 18.5. The molecule has 0 aliphatic rings. The van der Waals surface area contributed by atoms with Crippen molar-refractivity contribution in [3.8, 4) is 0 Å². The summed E-state index contributed by atoms with van der Waals surface area (Å²) in [6.45, 7) is 0. The molecule has 0 heterocycles. The number of hydrogen-bond donors (Lipinski definition) is 0. The second kappa shape index (κ2) is 9.39. The lowest BCUT2D eigenvalue weighted by atomic mass is 10.2. The van der Waals surface area contributed by atoms with Crippen LogP contribution in [0.25, 0.3) is 0 Å². The van der Waals surface area contributed by atoms with Crippen LogP contribution in [0.3, 0.4) is 0 Å².